The van der Waals surface area contributed by atoms with Gasteiger partial charge in [0.2, 0.25) is 11.8 Å². The molecule has 4 rings (SSSR count). The Kier molecular flexibility index (Phi) is 8.09. The molecule has 1 saturated carbocycles. The van der Waals surface area contributed by atoms with Crippen LogP contribution in [0.2, 0.25) is 0 Å². The molecule has 0 radical (unpaired) electrons. The highest BCUT2D eigenvalue weighted by Gasteiger charge is 2.19. The molecular weight excluding hydrogens is 436 g/mol. The van der Waals surface area contributed by atoms with E-state index in [2.05, 4.69) is 10.6 Å². The molecule has 0 heterocycles. The van der Waals surface area contributed by atoms with Crippen LogP contribution in [0, 0.1) is 12.8 Å². The van der Waals surface area contributed by atoms with Crippen molar-refractivity contribution in [3.63, 3.8) is 0 Å². The lowest BCUT2D eigenvalue weighted by molar-refractivity contribution is -0.117. The SMILES string of the molecule is Cc1ccc(CC(=O)Nc2ccc(NC(=O)CC3CCCCC3)cc2C(=O)c2ccccc2)cc1. The predicted octanol–water partition coefficient (Wildman–Crippen LogP) is 6.32. The Hall–Kier alpha value is -3.73. The van der Waals surface area contributed by atoms with Crippen molar-refractivity contribution < 1.29 is 14.4 Å². The van der Waals surface area contributed by atoms with Crippen LogP contribution in [0.3, 0.4) is 0 Å². The Labute approximate surface area is 207 Å². The van der Waals surface area contributed by atoms with Gasteiger partial charge in [-0.15, -0.1) is 0 Å². The third kappa shape index (κ3) is 6.89. The fraction of sp³-hybridized carbons (Fsp3) is 0.300. The van der Waals surface area contributed by atoms with Gasteiger partial charge in [-0.1, -0.05) is 79.4 Å². The van der Waals surface area contributed by atoms with Crippen LogP contribution in [0.1, 0.15) is 65.6 Å². The van der Waals surface area contributed by atoms with Crippen molar-refractivity contribution in [2.24, 2.45) is 5.92 Å². The summed E-state index contributed by atoms with van der Waals surface area (Å²) in [6.45, 7) is 2.00. The van der Waals surface area contributed by atoms with E-state index in [9.17, 15) is 14.4 Å². The minimum absolute atomic E-state index is 0.0360. The van der Waals surface area contributed by atoms with Gasteiger partial charge in [-0.05, 0) is 49.4 Å². The highest BCUT2D eigenvalue weighted by molar-refractivity contribution is 6.14. The molecule has 1 aliphatic carbocycles. The van der Waals surface area contributed by atoms with Crippen LogP contribution in [0.15, 0.2) is 72.8 Å². The third-order valence-corrected chi connectivity index (χ3v) is 6.54. The highest BCUT2D eigenvalue weighted by atomic mass is 16.2. The van der Waals surface area contributed by atoms with Gasteiger partial charge in [0.25, 0.3) is 0 Å². The molecular formula is C30H32N2O3. The maximum absolute atomic E-state index is 13.3. The third-order valence-electron chi connectivity index (χ3n) is 6.54. The van der Waals surface area contributed by atoms with Crippen molar-refractivity contribution in [1.29, 1.82) is 0 Å². The van der Waals surface area contributed by atoms with E-state index in [1.165, 1.54) is 19.3 Å². The van der Waals surface area contributed by atoms with Crippen molar-refractivity contribution in [2.75, 3.05) is 10.6 Å². The van der Waals surface area contributed by atoms with E-state index in [0.717, 1.165) is 24.0 Å². The van der Waals surface area contributed by atoms with Crippen molar-refractivity contribution >= 4 is 29.0 Å². The lowest BCUT2D eigenvalue weighted by Crippen LogP contribution is -2.20. The number of hydrogen-bond donors (Lipinski definition) is 2. The zero-order chi connectivity index (χ0) is 24.6. The first-order valence-electron chi connectivity index (χ1n) is 12.4. The minimum Gasteiger partial charge on any atom is -0.326 e. The molecule has 0 atom stereocenters. The average Bonchev–Trinajstić information content (AvgIpc) is 2.87. The van der Waals surface area contributed by atoms with Crippen molar-refractivity contribution in [1.82, 2.24) is 0 Å². The molecule has 0 aliphatic heterocycles. The second-order valence-corrected chi connectivity index (χ2v) is 9.42. The van der Waals surface area contributed by atoms with Crippen LogP contribution in [-0.2, 0) is 16.0 Å². The van der Waals surface area contributed by atoms with Gasteiger partial charge in [-0.2, -0.15) is 0 Å². The Morgan fingerprint density at radius 3 is 2.23 bits per heavy atom. The number of carbonyl (C=O) groups excluding carboxylic acids is 3. The zero-order valence-corrected chi connectivity index (χ0v) is 20.2. The molecule has 2 N–H and O–H groups in total. The largest absolute Gasteiger partial charge is 0.326 e. The quantitative estimate of drug-likeness (QED) is 0.380. The highest BCUT2D eigenvalue weighted by Crippen LogP contribution is 2.28. The molecule has 180 valence electrons. The lowest BCUT2D eigenvalue weighted by atomic mass is 9.87. The number of ketones is 1. The molecule has 0 bridgehead atoms. The zero-order valence-electron chi connectivity index (χ0n) is 20.2. The number of rotatable bonds is 8. The summed E-state index contributed by atoms with van der Waals surface area (Å²) >= 11 is 0. The maximum atomic E-state index is 13.3. The normalized spacial score (nSPS) is 13.7. The molecule has 35 heavy (non-hydrogen) atoms. The summed E-state index contributed by atoms with van der Waals surface area (Å²) in [4.78, 5) is 38.8. The van der Waals surface area contributed by atoms with Crippen molar-refractivity contribution in [2.45, 2.75) is 51.9 Å². The van der Waals surface area contributed by atoms with E-state index in [0.29, 0.717) is 34.8 Å². The molecule has 3 aromatic rings. The predicted molar refractivity (Wildman–Crippen MR) is 140 cm³/mol. The van der Waals surface area contributed by atoms with Crippen LogP contribution in [0.5, 0.6) is 0 Å². The van der Waals surface area contributed by atoms with Gasteiger partial charge < -0.3 is 10.6 Å². The smallest absolute Gasteiger partial charge is 0.228 e. The van der Waals surface area contributed by atoms with E-state index in [4.69, 9.17) is 0 Å². The Morgan fingerprint density at radius 2 is 1.51 bits per heavy atom. The van der Waals surface area contributed by atoms with Gasteiger partial charge in [-0.3, -0.25) is 14.4 Å². The molecule has 1 aliphatic rings. The van der Waals surface area contributed by atoms with E-state index < -0.39 is 0 Å². The molecule has 0 saturated heterocycles. The second kappa shape index (κ2) is 11.6. The summed E-state index contributed by atoms with van der Waals surface area (Å²) in [5.41, 5.74) is 3.89. The summed E-state index contributed by atoms with van der Waals surface area (Å²) in [6, 6.07) is 21.8. The standard InChI is InChI=1S/C30H32N2O3/c1-21-12-14-23(15-13-21)19-29(34)32-27-17-16-25(31-28(33)18-22-8-4-2-5-9-22)20-26(27)30(35)24-10-6-3-7-11-24/h3,6-7,10-17,20,22H,2,4-5,8-9,18-19H2,1H3,(H,31,33)(H,32,34). The Balaban J connectivity index is 1.52. The fourth-order valence-corrected chi connectivity index (χ4v) is 4.62. The monoisotopic (exact) mass is 468 g/mol. The van der Waals surface area contributed by atoms with E-state index in [-0.39, 0.29) is 24.0 Å². The number of amides is 2. The van der Waals surface area contributed by atoms with Crippen LogP contribution >= 0.6 is 0 Å². The maximum Gasteiger partial charge on any atom is 0.228 e. The van der Waals surface area contributed by atoms with Crippen molar-refractivity contribution in [3.8, 4) is 0 Å². The molecule has 2 amide bonds. The van der Waals surface area contributed by atoms with Gasteiger partial charge in [0.05, 0.1) is 12.1 Å². The summed E-state index contributed by atoms with van der Waals surface area (Å²) in [7, 11) is 0. The second-order valence-electron chi connectivity index (χ2n) is 9.42. The lowest BCUT2D eigenvalue weighted by Gasteiger charge is -2.21. The molecule has 3 aromatic carbocycles. The molecule has 0 unspecified atom stereocenters. The summed E-state index contributed by atoms with van der Waals surface area (Å²) in [6.07, 6.45) is 6.51. The number of nitrogens with one attached hydrogen (secondary N) is 2. The van der Waals surface area contributed by atoms with E-state index in [1.54, 1.807) is 42.5 Å². The van der Waals surface area contributed by atoms with Crippen LogP contribution < -0.4 is 10.6 Å². The van der Waals surface area contributed by atoms with Crippen molar-refractivity contribution in [3.05, 3.63) is 95.1 Å². The minimum atomic E-state index is -0.209. The first-order chi connectivity index (χ1) is 17.0. The van der Waals surface area contributed by atoms with Crippen LogP contribution in [0.4, 0.5) is 11.4 Å². The van der Waals surface area contributed by atoms with Gasteiger partial charge in [0.1, 0.15) is 0 Å². The number of aryl methyl sites for hydroxylation is 1. The Bertz CT molecular complexity index is 1180. The van der Waals surface area contributed by atoms with E-state index >= 15 is 0 Å². The molecule has 0 aromatic heterocycles. The molecule has 0 spiro atoms. The number of carbonyl (C=O) groups is 3. The summed E-state index contributed by atoms with van der Waals surface area (Å²) in [5, 5.41) is 5.86. The number of anilines is 2. The van der Waals surface area contributed by atoms with E-state index in [1.807, 2.05) is 37.3 Å². The summed E-state index contributed by atoms with van der Waals surface area (Å²) in [5.74, 6) is -0.0228. The molecule has 5 nitrogen and oxygen atoms in total. The van der Waals surface area contributed by atoms with Gasteiger partial charge >= 0.3 is 0 Å². The first kappa shape index (κ1) is 24.4. The Morgan fingerprint density at radius 1 is 0.800 bits per heavy atom. The van der Waals surface area contributed by atoms with Gasteiger partial charge in [0, 0.05) is 23.2 Å². The topological polar surface area (TPSA) is 75.3 Å². The average molecular weight is 469 g/mol. The number of hydrogen-bond acceptors (Lipinski definition) is 3. The first-order valence-corrected chi connectivity index (χ1v) is 12.4. The van der Waals surface area contributed by atoms with Gasteiger partial charge in [-0.25, -0.2) is 0 Å². The molecule has 1 fully saturated rings. The van der Waals surface area contributed by atoms with Crippen LogP contribution in [-0.4, -0.2) is 17.6 Å². The van der Waals surface area contributed by atoms with Gasteiger partial charge in [0.15, 0.2) is 5.78 Å². The van der Waals surface area contributed by atoms with Crippen LogP contribution in [0.25, 0.3) is 0 Å². The number of benzene rings is 3. The fourth-order valence-electron chi connectivity index (χ4n) is 4.62. The summed E-state index contributed by atoms with van der Waals surface area (Å²) < 4.78 is 0. The molecule has 5 heteroatoms.